The monoisotopic (exact) mass is 328 g/mol. The number of sulfone groups is 1. The van der Waals surface area contributed by atoms with Gasteiger partial charge >= 0.3 is 0 Å². The second-order valence-electron chi connectivity index (χ2n) is 5.89. The van der Waals surface area contributed by atoms with E-state index in [0.29, 0.717) is 11.6 Å². The van der Waals surface area contributed by atoms with Crippen LogP contribution in [0.5, 0.6) is 0 Å². The number of rotatable bonds is 2. The summed E-state index contributed by atoms with van der Waals surface area (Å²) in [6, 6.07) is 0. The van der Waals surface area contributed by atoms with Crippen molar-refractivity contribution in [1.82, 2.24) is 4.98 Å². The number of amides is 1. The van der Waals surface area contributed by atoms with E-state index in [0.717, 1.165) is 25.0 Å². The summed E-state index contributed by atoms with van der Waals surface area (Å²) in [5, 5.41) is 3.46. The molecule has 1 aromatic rings. The normalized spacial score (nSPS) is 24.9. The minimum Gasteiger partial charge on any atom is -0.302 e. The Kier molecular flexibility index (Phi) is 4.31. The number of nitrogens with one attached hydrogen (secondary N) is 1. The van der Waals surface area contributed by atoms with Crippen LogP contribution in [0.3, 0.4) is 0 Å². The summed E-state index contributed by atoms with van der Waals surface area (Å²) >= 11 is 1.55. The lowest BCUT2D eigenvalue weighted by Gasteiger charge is -2.06. The molecule has 1 aliphatic carbocycles. The van der Waals surface area contributed by atoms with Gasteiger partial charge in [0.15, 0.2) is 15.0 Å². The Morgan fingerprint density at radius 1 is 1.19 bits per heavy atom. The second kappa shape index (κ2) is 6.04. The van der Waals surface area contributed by atoms with Gasteiger partial charge in [0, 0.05) is 4.88 Å². The number of hydrogen-bond acceptors (Lipinski definition) is 5. The minimum absolute atomic E-state index is 0.0239. The molecule has 5 nitrogen and oxygen atoms in total. The molecule has 1 atom stereocenters. The first-order valence-corrected chi connectivity index (χ1v) is 10.2. The number of carbonyl (C=O) groups is 1. The summed E-state index contributed by atoms with van der Waals surface area (Å²) in [6.45, 7) is 0. The van der Waals surface area contributed by atoms with Crippen LogP contribution in [0, 0.1) is 5.92 Å². The molecule has 2 aliphatic rings. The van der Waals surface area contributed by atoms with Crippen molar-refractivity contribution in [3.63, 3.8) is 0 Å². The van der Waals surface area contributed by atoms with Crippen LogP contribution in [0.15, 0.2) is 0 Å². The minimum atomic E-state index is -3.02. The van der Waals surface area contributed by atoms with Crippen LogP contribution in [0.25, 0.3) is 0 Å². The molecule has 0 unspecified atom stereocenters. The maximum Gasteiger partial charge on any atom is 0.230 e. The fourth-order valence-electron chi connectivity index (χ4n) is 2.97. The molecule has 0 saturated carbocycles. The molecule has 21 heavy (non-hydrogen) atoms. The molecule has 0 radical (unpaired) electrons. The molecule has 7 heteroatoms. The van der Waals surface area contributed by atoms with Crippen LogP contribution >= 0.6 is 11.3 Å². The van der Waals surface area contributed by atoms with Crippen LogP contribution in [-0.2, 0) is 27.5 Å². The Morgan fingerprint density at radius 3 is 2.67 bits per heavy atom. The van der Waals surface area contributed by atoms with E-state index in [1.807, 2.05) is 0 Å². The maximum atomic E-state index is 12.1. The van der Waals surface area contributed by atoms with E-state index in [2.05, 4.69) is 10.3 Å². The van der Waals surface area contributed by atoms with Gasteiger partial charge in [-0.05, 0) is 32.1 Å². The molecule has 1 amide bonds. The highest BCUT2D eigenvalue weighted by Gasteiger charge is 2.33. The summed E-state index contributed by atoms with van der Waals surface area (Å²) in [5.74, 6) is -0.511. The van der Waals surface area contributed by atoms with Gasteiger partial charge in [0.25, 0.3) is 0 Å². The SMILES string of the molecule is O=C(Nc1nc2c(s1)CCCCCC2)[C@H]1CCS(=O)(=O)C1. The summed E-state index contributed by atoms with van der Waals surface area (Å²) in [4.78, 5) is 18.0. The number of aromatic nitrogens is 1. The number of carbonyl (C=O) groups excluding carboxylic acids is 1. The highest BCUT2D eigenvalue weighted by molar-refractivity contribution is 7.91. The molecular weight excluding hydrogens is 308 g/mol. The van der Waals surface area contributed by atoms with E-state index in [-0.39, 0.29) is 17.4 Å². The molecule has 1 aliphatic heterocycles. The quantitative estimate of drug-likeness (QED) is 0.903. The summed E-state index contributed by atoms with van der Waals surface area (Å²) in [6.07, 6.45) is 7.31. The van der Waals surface area contributed by atoms with Gasteiger partial charge in [-0.3, -0.25) is 4.79 Å². The Labute approximate surface area is 129 Å². The highest BCUT2D eigenvalue weighted by atomic mass is 32.2. The maximum absolute atomic E-state index is 12.1. The van der Waals surface area contributed by atoms with Crippen LogP contribution in [0.2, 0.25) is 0 Å². The van der Waals surface area contributed by atoms with E-state index in [9.17, 15) is 13.2 Å². The molecule has 3 rings (SSSR count). The molecule has 1 aromatic heterocycles. The number of thiazole rings is 1. The number of nitrogens with zero attached hydrogens (tertiary/aromatic N) is 1. The average Bonchev–Trinajstić information content (AvgIpc) is 2.93. The molecular formula is C14H20N2O3S2. The Balaban J connectivity index is 1.68. The molecule has 1 N–H and O–H groups in total. The van der Waals surface area contributed by atoms with Gasteiger partial charge in [-0.1, -0.05) is 12.8 Å². The first-order valence-electron chi connectivity index (χ1n) is 7.53. The Morgan fingerprint density at radius 2 is 1.95 bits per heavy atom. The van der Waals surface area contributed by atoms with Crippen LogP contribution < -0.4 is 5.32 Å². The standard InChI is InChI=1S/C14H20N2O3S2/c17-13(10-7-8-21(18,19)9-10)16-14-15-11-5-3-1-2-4-6-12(11)20-14/h10H,1-9H2,(H,15,16,17)/t10-/m0/s1. The fourth-order valence-corrected chi connectivity index (χ4v) is 5.76. The summed E-state index contributed by atoms with van der Waals surface area (Å²) < 4.78 is 22.9. The van der Waals surface area contributed by atoms with E-state index in [1.165, 1.54) is 24.1 Å². The van der Waals surface area contributed by atoms with Crippen LogP contribution in [0.4, 0.5) is 5.13 Å². The van der Waals surface area contributed by atoms with Crippen molar-refractivity contribution in [3.8, 4) is 0 Å². The number of fused-ring (bicyclic) bond motifs is 1. The third-order valence-corrected chi connectivity index (χ3v) is 7.02. The van der Waals surface area contributed by atoms with Crippen molar-refractivity contribution in [2.45, 2.75) is 44.9 Å². The molecule has 116 valence electrons. The summed E-state index contributed by atoms with van der Waals surface area (Å²) in [7, 11) is -3.02. The van der Waals surface area contributed by atoms with E-state index < -0.39 is 15.8 Å². The van der Waals surface area contributed by atoms with Crippen molar-refractivity contribution in [3.05, 3.63) is 10.6 Å². The zero-order valence-electron chi connectivity index (χ0n) is 11.9. The number of aryl methyl sites for hydroxylation is 2. The topological polar surface area (TPSA) is 76.1 Å². The van der Waals surface area contributed by atoms with Crippen LogP contribution in [0.1, 0.15) is 42.7 Å². The molecule has 0 spiro atoms. The second-order valence-corrected chi connectivity index (χ2v) is 9.20. The molecule has 0 bridgehead atoms. The highest BCUT2D eigenvalue weighted by Crippen LogP contribution is 2.29. The lowest BCUT2D eigenvalue weighted by molar-refractivity contribution is -0.119. The van der Waals surface area contributed by atoms with E-state index in [1.54, 1.807) is 11.3 Å². The van der Waals surface area contributed by atoms with Crippen molar-refractivity contribution < 1.29 is 13.2 Å². The van der Waals surface area contributed by atoms with Crippen molar-refractivity contribution >= 4 is 32.2 Å². The van der Waals surface area contributed by atoms with Gasteiger partial charge in [-0.15, -0.1) is 11.3 Å². The van der Waals surface area contributed by atoms with Gasteiger partial charge in [0.1, 0.15) is 0 Å². The van der Waals surface area contributed by atoms with Gasteiger partial charge in [-0.25, -0.2) is 13.4 Å². The Bertz CT molecular complexity index is 611. The predicted octanol–water partition coefficient (Wildman–Crippen LogP) is 2.18. The smallest absolute Gasteiger partial charge is 0.230 e. The molecule has 2 heterocycles. The van der Waals surface area contributed by atoms with E-state index in [4.69, 9.17) is 0 Å². The lowest BCUT2D eigenvalue weighted by Crippen LogP contribution is -2.23. The summed E-state index contributed by atoms with van der Waals surface area (Å²) in [5.41, 5.74) is 1.12. The van der Waals surface area contributed by atoms with Crippen LogP contribution in [-0.4, -0.2) is 30.8 Å². The zero-order valence-corrected chi connectivity index (χ0v) is 13.6. The first-order chi connectivity index (χ1) is 10.0. The first kappa shape index (κ1) is 15.0. The average molecular weight is 328 g/mol. The Hall–Kier alpha value is -0.950. The molecule has 0 aromatic carbocycles. The van der Waals surface area contributed by atoms with Gasteiger partial charge in [0.2, 0.25) is 5.91 Å². The molecule has 1 saturated heterocycles. The zero-order chi connectivity index (χ0) is 14.9. The predicted molar refractivity (Wildman–Crippen MR) is 83.4 cm³/mol. The third kappa shape index (κ3) is 3.63. The van der Waals surface area contributed by atoms with Crippen molar-refractivity contribution in [2.24, 2.45) is 5.92 Å². The lowest BCUT2D eigenvalue weighted by atomic mass is 10.0. The number of anilines is 1. The molecule has 1 fully saturated rings. The number of hydrogen-bond donors (Lipinski definition) is 1. The largest absolute Gasteiger partial charge is 0.302 e. The van der Waals surface area contributed by atoms with E-state index >= 15 is 0 Å². The third-order valence-electron chi connectivity index (χ3n) is 4.18. The van der Waals surface area contributed by atoms with Gasteiger partial charge in [0.05, 0.1) is 23.1 Å². The van der Waals surface area contributed by atoms with Crippen molar-refractivity contribution in [2.75, 3.05) is 16.8 Å². The fraction of sp³-hybridized carbons (Fsp3) is 0.714. The van der Waals surface area contributed by atoms with Gasteiger partial charge in [-0.2, -0.15) is 0 Å². The van der Waals surface area contributed by atoms with Gasteiger partial charge < -0.3 is 5.32 Å². The van der Waals surface area contributed by atoms with Crippen molar-refractivity contribution in [1.29, 1.82) is 0 Å².